The molecule has 0 N–H and O–H groups in total. The molecule has 2 aliphatic carbocycles. The standard InChI is InChI=1S/C60H41NO/c1-59(2)47-24-12-10-22-45(47)55-49(59)26-14-28-53(55)61(42-34-30-39(31-35-42)38-16-4-3-5-17-38)54-29-15-27-50-56(54)46-23-11-13-25-48(46)60(50)51-36-32-40-18-6-8-20-43(40)57(51)62-58-44-21-9-7-19-41(44)33-37-52(58)60/h3-37H,1-2H3. The van der Waals surface area contributed by atoms with E-state index in [4.69, 9.17) is 4.74 Å². The molecule has 0 amide bonds. The average Bonchev–Trinajstić information content (AvgIpc) is 3.76. The summed E-state index contributed by atoms with van der Waals surface area (Å²) in [5.74, 6) is 1.85. The molecule has 10 aromatic rings. The van der Waals surface area contributed by atoms with Gasteiger partial charge in [-0.3, -0.25) is 0 Å². The Morgan fingerprint density at radius 2 is 0.839 bits per heavy atom. The molecular weight excluding hydrogens is 751 g/mol. The number of hydrogen-bond donors (Lipinski definition) is 0. The first-order chi connectivity index (χ1) is 30.5. The van der Waals surface area contributed by atoms with Crippen LogP contribution in [0.3, 0.4) is 0 Å². The minimum atomic E-state index is -0.658. The van der Waals surface area contributed by atoms with Crippen molar-refractivity contribution in [3.8, 4) is 44.9 Å². The van der Waals surface area contributed by atoms with Gasteiger partial charge in [-0.05, 0) is 79.5 Å². The third-order valence-corrected chi connectivity index (χ3v) is 14.1. The van der Waals surface area contributed by atoms with Crippen LogP contribution in [-0.4, -0.2) is 0 Å². The van der Waals surface area contributed by atoms with Crippen LogP contribution in [0.1, 0.15) is 47.2 Å². The minimum absolute atomic E-state index is 0.152. The summed E-state index contributed by atoms with van der Waals surface area (Å²) in [5.41, 5.74) is 17.6. The molecule has 0 bridgehead atoms. The number of hydrogen-bond acceptors (Lipinski definition) is 2. The van der Waals surface area contributed by atoms with Crippen molar-refractivity contribution >= 4 is 38.6 Å². The van der Waals surface area contributed by atoms with Gasteiger partial charge in [0.25, 0.3) is 0 Å². The van der Waals surface area contributed by atoms with E-state index in [2.05, 4.69) is 231 Å². The summed E-state index contributed by atoms with van der Waals surface area (Å²) in [7, 11) is 0. The molecular formula is C60H41NO. The van der Waals surface area contributed by atoms with Crippen molar-refractivity contribution in [3.05, 3.63) is 246 Å². The SMILES string of the molecule is CC1(C)c2ccccc2-c2c(N(c3ccc(-c4ccccc4)cc3)c3cccc4c3-c3ccccc3C43c4ccc5ccccc5c4Oc4c3ccc3ccccc43)cccc21. The van der Waals surface area contributed by atoms with Crippen LogP contribution in [0.25, 0.3) is 54.9 Å². The lowest BCUT2D eigenvalue weighted by atomic mass is 9.65. The second kappa shape index (κ2) is 12.9. The zero-order chi connectivity index (χ0) is 41.2. The smallest absolute Gasteiger partial charge is 0.140 e. The summed E-state index contributed by atoms with van der Waals surface area (Å²) in [5, 5.41) is 4.56. The third kappa shape index (κ3) is 4.64. The highest BCUT2D eigenvalue weighted by Gasteiger charge is 2.53. The molecule has 1 spiro atoms. The van der Waals surface area contributed by atoms with Gasteiger partial charge in [0.05, 0.1) is 16.8 Å². The van der Waals surface area contributed by atoms with Crippen LogP contribution in [0.5, 0.6) is 11.5 Å². The van der Waals surface area contributed by atoms with Crippen molar-refractivity contribution in [2.24, 2.45) is 0 Å². The van der Waals surface area contributed by atoms with E-state index >= 15 is 0 Å². The Kier molecular flexibility index (Phi) is 7.31. The molecule has 1 aliphatic heterocycles. The first-order valence-corrected chi connectivity index (χ1v) is 21.7. The van der Waals surface area contributed by atoms with E-state index in [1.807, 2.05) is 0 Å². The van der Waals surface area contributed by atoms with Gasteiger partial charge >= 0.3 is 0 Å². The summed E-state index contributed by atoms with van der Waals surface area (Å²) in [4.78, 5) is 2.54. The van der Waals surface area contributed by atoms with Crippen molar-refractivity contribution in [2.75, 3.05) is 4.90 Å². The maximum Gasteiger partial charge on any atom is 0.140 e. The molecule has 3 aliphatic rings. The molecule has 2 nitrogen and oxygen atoms in total. The zero-order valence-electron chi connectivity index (χ0n) is 34.6. The lowest BCUT2D eigenvalue weighted by Gasteiger charge is -2.40. The summed E-state index contributed by atoms with van der Waals surface area (Å²) in [6.45, 7) is 4.74. The Hall–Kier alpha value is -7.68. The maximum absolute atomic E-state index is 7.28. The van der Waals surface area contributed by atoms with E-state index in [1.54, 1.807) is 0 Å². The Morgan fingerprint density at radius 3 is 1.48 bits per heavy atom. The lowest BCUT2D eigenvalue weighted by Crippen LogP contribution is -2.32. The van der Waals surface area contributed by atoms with E-state index in [0.29, 0.717) is 0 Å². The fourth-order valence-electron chi connectivity index (χ4n) is 11.4. The fourth-order valence-corrected chi connectivity index (χ4v) is 11.4. The van der Waals surface area contributed by atoms with Crippen LogP contribution in [0.15, 0.2) is 212 Å². The Morgan fingerprint density at radius 1 is 0.355 bits per heavy atom. The zero-order valence-corrected chi connectivity index (χ0v) is 34.6. The van der Waals surface area contributed by atoms with Gasteiger partial charge in [-0.15, -0.1) is 0 Å². The minimum Gasteiger partial charge on any atom is -0.455 e. The van der Waals surface area contributed by atoms with Gasteiger partial charge in [0.2, 0.25) is 0 Å². The topological polar surface area (TPSA) is 12.5 Å². The van der Waals surface area contributed by atoms with Gasteiger partial charge in [0.15, 0.2) is 0 Å². The highest BCUT2D eigenvalue weighted by molar-refractivity contribution is 6.04. The number of anilines is 3. The van der Waals surface area contributed by atoms with Crippen molar-refractivity contribution < 1.29 is 4.74 Å². The first-order valence-electron chi connectivity index (χ1n) is 21.7. The number of ether oxygens (including phenoxy) is 1. The van der Waals surface area contributed by atoms with E-state index in [-0.39, 0.29) is 5.41 Å². The molecule has 0 aromatic heterocycles. The average molecular weight is 792 g/mol. The van der Waals surface area contributed by atoms with E-state index in [0.717, 1.165) is 55.5 Å². The number of fused-ring (bicyclic) bond motifs is 16. The molecule has 0 saturated carbocycles. The van der Waals surface area contributed by atoms with Gasteiger partial charge in [-0.2, -0.15) is 0 Å². The second-order valence-electron chi connectivity index (χ2n) is 17.5. The van der Waals surface area contributed by atoms with Crippen molar-refractivity contribution in [3.63, 3.8) is 0 Å². The van der Waals surface area contributed by atoms with Crippen molar-refractivity contribution in [1.29, 1.82) is 0 Å². The van der Waals surface area contributed by atoms with Crippen LogP contribution in [-0.2, 0) is 10.8 Å². The molecule has 1 heterocycles. The second-order valence-corrected chi connectivity index (χ2v) is 17.5. The molecule has 0 radical (unpaired) electrons. The summed E-state index contributed by atoms with van der Waals surface area (Å²) in [6, 6.07) is 78.4. The van der Waals surface area contributed by atoms with Gasteiger partial charge in [0, 0.05) is 44.1 Å². The molecule has 10 aromatic carbocycles. The summed E-state index contributed by atoms with van der Waals surface area (Å²) >= 11 is 0. The Bertz CT molecular complexity index is 3380. The molecule has 2 heteroatoms. The highest BCUT2D eigenvalue weighted by atomic mass is 16.5. The predicted octanol–water partition coefficient (Wildman–Crippen LogP) is 15.9. The Balaban J connectivity index is 1.14. The fraction of sp³-hybridized carbons (Fsp3) is 0.0667. The van der Waals surface area contributed by atoms with Crippen molar-refractivity contribution in [2.45, 2.75) is 24.7 Å². The van der Waals surface area contributed by atoms with E-state index < -0.39 is 5.41 Å². The molecule has 62 heavy (non-hydrogen) atoms. The maximum atomic E-state index is 7.28. The summed E-state index contributed by atoms with van der Waals surface area (Å²) < 4.78 is 7.28. The normalized spacial score (nSPS) is 14.4. The third-order valence-electron chi connectivity index (χ3n) is 14.1. The van der Waals surface area contributed by atoms with Crippen molar-refractivity contribution in [1.82, 2.24) is 0 Å². The largest absolute Gasteiger partial charge is 0.455 e. The van der Waals surface area contributed by atoms with Gasteiger partial charge in [-0.25, -0.2) is 0 Å². The van der Waals surface area contributed by atoms with Gasteiger partial charge in [-0.1, -0.05) is 202 Å². The molecule has 0 saturated heterocycles. The molecule has 13 rings (SSSR count). The molecule has 292 valence electrons. The number of rotatable bonds is 4. The molecule has 0 fully saturated rings. The summed E-state index contributed by atoms with van der Waals surface area (Å²) in [6.07, 6.45) is 0. The van der Waals surface area contributed by atoms with Crippen LogP contribution in [0.4, 0.5) is 17.1 Å². The van der Waals surface area contributed by atoms with Crippen LogP contribution in [0.2, 0.25) is 0 Å². The van der Waals surface area contributed by atoms with Crippen LogP contribution < -0.4 is 9.64 Å². The lowest BCUT2D eigenvalue weighted by molar-refractivity contribution is 0.447. The molecule has 0 atom stereocenters. The van der Waals surface area contributed by atoms with Gasteiger partial charge < -0.3 is 9.64 Å². The number of nitrogens with zero attached hydrogens (tertiary/aromatic N) is 1. The number of benzene rings is 10. The van der Waals surface area contributed by atoms with E-state index in [1.165, 1.54) is 61.3 Å². The van der Waals surface area contributed by atoms with Crippen LogP contribution >= 0.6 is 0 Å². The highest BCUT2D eigenvalue weighted by Crippen LogP contribution is 2.66. The van der Waals surface area contributed by atoms with Gasteiger partial charge in [0.1, 0.15) is 11.5 Å². The monoisotopic (exact) mass is 791 g/mol. The first kappa shape index (κ1) is 35.1. The van der Waals surface area contributed by atoms with Crippen LogP contribution in [0, 0.1) is 0 Å². The predicted molar refractivity (Wildman–Crippen MR) is 257 cm³/mol. The Labute approximate surface area is 362 Å². The van der Waals surface area contributed by atoms with E-state index in [9.17, 15) is 0 Å². The molecule has 0 unspecified atom stereocenters. The quantitative estimate of drug-likeness (QED) is 0.176.